The van der Waals surface area contributed by atoms with Crippen LogP contribution in [-0.2, 0) is 0 Å². The molecule has 1 aliphatic rings. The van der Waals surface area contributed by atoms with Gasteiger partial charge in [0.2, 0.25) is 0 Å². The molecule has 1 saturated carbocycles. The predicted octanol–water partition coefficient (Wildman–Crippen LogP) is 3.34. The van der Waals surface area contributed by atoms with E-state index in [0.717, 1.165) is 19.4 Å². The second kappa shape index (κ2) is 7.32. The van der Waals surface area contributed by atoms with Crippen LogP contribution in [0.15, 0.2) is 29.3 Å². The first kappa shape index (κ1) is 14.9. The van der Waals surface area contributed by atoms with Crippen molar-refractivity contribution in [3.8, 4) is 0 Å². The number of guanidine groups is 1. The third-order valence-corrected chi connectivity index (χ3v) is 4.01. The Morgan fingerprint density at radius 1 is 1.30 bits per heavy atom. The first-order valence-electron chi connectivity index (χ1n) is 7.84. The quantitative estimate of drug-likeness (QED) is 0.455. The zero-order valence-electron chi connectivity index (χ0n) is 12.7. The van der Waals surface area contributed by atoms with Gasteiger partial charge in [-0.1, -0.05) is 50.5 Å². The molecule has 0 aromatic heterocycles. The van der Waals surface area contributed by atoms with E-state index in [2.05, 4.69) is 48.4 Å². The van der Waals surface area contributed by atoms with Crippen LogP contribution in [0.4, 0.5) is 0 Å². The molecular formula is C17H27N3. The highest BCUT2D eigenvalue weighted by atomic mass is 15.1. The maximum atomic E-state index is 5.95. The van der Waals surface area contributed by atoms with Crippen LogP contribution in [0.25, 0.3) is 0 Å². The number of hydrogen-bond acceptors (Lipinski definition) is 1. The Labute approximate surface area is 122 Å². The number of aryl methyl sites for hydroxylation is 1. The fraction of sp³-hybridized carbons (Fsp3) is 0.588. The highest BCUT2D eigenvalue weighted by molar-refractivity contribution is 5.78. The van der Waals surface area contributed by atoms with Crippen LogP contribution in [0.5, 0.6) is 0 Å². The number of rotatable bonds is 7. The van der Waals surface area contributed by atoms with Gasteiger partial charge in [0, 0.05) is 18.5 Å². The molecule has 2 unspecified atom stereocenters. The first-order valence-corrected chi connectivity index (χ1v) is 7.84. The lowest BCUT2D eigenvalue weighted by Gasteiger charge is -2.07. The van der Waals surface area contributed by atoms with Crippen LogP contribution < -0.4 is 11.1 Å². The zero-order chi connectivity index (χ0) is 14.4. The fourth-order valence-corrected chi connectivity index (χ4v) is 2.67. The number of nitrogens with two attached hydrogens (primary N) is 1. The maximum absolute atomic E-state index is 5.95. The lowest BCUT2D eigenvalue weighted by atomic mass is 10.0. The Hall–Kier alpha value is -1.51. The van der Waals surface area contributed by atoms with Crippen molar-refractivity contribution in [2.75, 3.05) is 6.54 Å². The number of nitrogens with zero attached hydrogens (tertiary/aromatic N) is 1. The Balaban J connectivity index is 1.73. The van der Waals surface area contributed by atoms with Gasteiger partial charge in [-0.25, -0.2) is 0 Å². The van der Waals surface area contributed by atoms with Crippen LogP contribution in [-0.4, -0.2) is 18.5 Å². The molecule has 3 N–H and O–H groups in total. The second-order valence-corrected chi connectivity index (χ2v) is 5.78. The molecule has 0 heterocycles. The number of unbranched alkanes of at least 4 members (excludes halogenated alkanes) is 3. The maximum Gasteiger partial charge on any atom is 0.188 e. The summed E-state index contributed by atoms with van der Waals surface area (Å²) in [5.41, 5.74) is 8.76. The minimum Gasteiger partial charge on any atom is -0.370 e. The SMILES string of the molecule is CCCCCCN=C(N)NC1CC1c1ccccc1C. The molecule has 110 valence electrons. The standard InChI is InChI=1S/C17H27N3/c1-3-4-5-8-11-19-17(18)20-16-12-15(16)14-10-7-6-9-13(14)2/h6-7,9-10,15-16H,3-5,8,11-12H2,1-2H3,(H3,18,19,20). The van der Waals surface area contributed by atoms with Crippen molar-refractivity contribution in [3.63, 3.8) is 0 Å². The van der Waals surface area contributed by atoms with E-state index in [1.165, 1.54) is 30.4 Å². The van der Waals surface area contributed by atoms with Crippen LogP contribution in [0.2, 0.25) is 0 Å². The summed E-state index contributed by atoms with van der Waals surface area (Å²) in [6.45, 7) is 5.24. The van der Waals surface area contributed by atoms with Crippen LogP contribution >= 0.6 is 0 Å². The van der Waals surface area contributed by atoms with E-state index in [-0.39, 0.29) is 0 Å². The Kier molecular flexibility index (Phi) is 5.45. The smallest absolute Gasteiger partial charge is 0.188 e. The van der Waals surface area contributed by atoms with Crippen molar-refractivity contribution < 1.29 is 0 Å². The minimum absolute atomic E-state index is 0.468. The summed E-state index contributed by atoms with van der Waals surface area (Å²) in [4.78, 5) is 4.41. The van der Waals surface area contributed by atoms with Gasteiger partial charge in [-0.2, -0.15) is 0 Å². The van der Waals surface area contributed by atoms with Gasteiger partial charge in [0.05, 0.1) is 0 Å². The van der Waals surface area contributed by atoms with Gasteiger partial charge in [-0.15, -0.1) is 0 Å². The molecule has 0 bridgehead atoms. The molecule has 1 fully saturated rings. The van der Waals surface area contributed by atoms with Crippen molar-refractivity contribution in [2.45, 2.75) is 57.9 Å². The summed E-state index contributed by atoms with van der Waals surface area (Å²) in [5.74, 6) is 1.22. The lowest BCUT2D eigenvalue weighted by molar-refractivity contribution is 0.672. The highest BCUT2D eigenvalue weighted by Gasteiger charge is 2.39. The molecule has 0 aliphatic heterocycles. The van der Waals surface area contributed by atoms with Gasteiger partial charge >= 0.3 is 0 Å². The van der Waals surface area contributed by atoms with Crippen molar-refractivity contribution in [1.82, 2.24) is 5.32 Å². The van der Waals surface area contributed by atoms with Gasteiger partial charge in [0.15, 0.2) is 5.96 Å². The molecule has 1 aromatic carbocycles. The Bertz CT molecular complexity index is 453. The van der Waals surface area contributed by atoms with Crippen molar-refractivity contribution in [3.05, 3.63) is 35.4 Å². The molecule has 0 spiro atoms. The minimum atomic E-state index is 0.468. The van der Waals surface area contributed by atoms with Gasteiger partial charge in [-0.3, -0.25) is 4.99 Å². The Morgan fingerprint density at radius 2 is 2.10 bits per heavy atom. The number of benzene rings is 1. The van der Waals surface area contributed by atoms with Crippen LogP contribution in [0.1, 0.15) is 56.1 Å². The molecular weight excluding hydrogens is 246 g/mol. The molecule has 1 aromatic rings. The second-order valence-electron chi connectivity index (χ2n) is 5.78. The van der Waals surface area contributed by atoms with E-state index in [1.54, 1.807) is 0 Å². The van der Waals surface area contributed by atoms with E-state index in [4.69, 9.17) is 5.73 Å². The van der Waals surface area contributed by atoms with Crippen LogP contribution in [0.3, 0.4) is 0 Å². The van der Waals surface area contributed by atoms with E-state index < -0.39 is 0 Å². The molecule has 3 heteroatoms. The topological polar surface area (TPSA) is 50.4 Å². The molecule has 3 nitrogen and oxygen atoms in total. The summed E-state index contributed by atoms with van der Waals surface area (Å²) < 4.78 is 0. The van der Waals surface area contributed by atoms with E-state index in [0.29, 0.717) is 17.9 Å². The lowest BCUT2D eigenvalue weighted by Crippen LogP contribution is -2.34. The highest BCUT2D eigenvalue weighted by Crippen LogP contribution is 2.41. The normalized spacial score (nSPS) is 21.8. The summed E-state index contributed by atoms with van der Waals surface area (Å²) in [5, 5.41) is 3.35. The number of hydrogen-bond donors (Lipinski definition) is 2. The number of nitrogens with one attached hydrogen (secondary N) is 1. The van der Waals surface area contributed by atoms with E-state index in [1.807, 2.05) is 0 Å². The molecule has 0 amide bonds. The third kappa shape index (κ3) is 4.26. The zero-order valence-corrected chi connectivity index (χ0v) is 12.7. The average Bonchev–Trinajstić information content (AvgIpc) is 3.18. The molecule has 0 saturated heterocycles. The van der Waals surface area contributed by atoms with E-state index >= 15 is 0 Å². The molecule has 20 heavy (non-hydrogen) atoms. The van der Waals surface area contributed by atoms with Crippen molar-refractivity contribution >= 4 is 5.96 Å². The molecule has 2 rings (SSSR count). The predicted molar refractivity (Wildman–Crippen MR) is 86.1 cm³/mol. The fourth-order valence-electron chi connectivity index (χ4n) is 2.67. The number of aliphatic imine (C=N–C) groups is 1. The monoisotopic (exact) mass is 273 g/mol. The summed E-state index contributed by atoms with van der Waals surface area (Å²) in [7, 11) is 0. The van der Waals surface area contributed by atoms with Crippen molar-refractivity contribution in [2.24, 2.45) is 10.7 Å². The Morgan fingerprint density at radius 3 is 2.85 bits per heavy atom. The van der Waals surface area contributed by atoms with Crippen LogP contribution in [0, 0.1) is 6.92 Å². The van der Waals surface area contributed by atoms with Gasteiger partial charge in [0.1, 0.15) is 0 Å². The first-order chi connectivity index (χ1) is 9.72. The molecule has 0 radical (unpaired) electrons. The average molecular weight is 273 g/mol. The summed E-state index contributed by atoms with van der Waals surface area (Å²) >= 11 is 0. The summed E-state index contributed by atoms with van der Waals surface area (Å²) in [6, 6.07) is 9.07. The molecule has 1 aliphatic carbocycles. The van der Waals surface area contributed by atoms with Gasteiger partial charge in [0.25, 0.3) is 0 Å². The van der Waals surface area contributed by atoms with E-state index in [9.17, 15) is 0 Å². The molecule has 2 atom stereocenters. The van der Waals surface area contributed by atoms with Gasteiger partial charge in [-0.05, 0) is 30.9 Å². The summed E-state index contributed by atoms with van der Waals surface area (Å²) in [6.07, 6.45) is 6.11. The van der Waals surface area contributed by atoms with Gasteiger partial charge < -0.3 is 11.1 Å². The largest absolute Gasteiger partial charge is 0.370 e. The third-order valence-electron chi connectivity index (χ3n) is 4.01. The van der Waals surface area contributed by atoms with Crippen molar-refractivity contribution in [1.29, 1.82) is 0 Å².